The van der Waals surface area contributed by atoms with E-state index in [4.69, 9.17) is 0 Å². The van der Waals surface area contributed by atoms with E-state index in [9.17, 15) is 13.5 Å². The normalized spacial score (nSPS) is 21.6. The third-order valence-electron chi connectivity index (χ3n) is 4.04. The van der Waals surface area contributed by atoms with Crippen molar-refractivity contribution in [2.75, 3.05) is 19.3 Å². The Balaban J connectivity index is 1.96. The monoisotopic (exact) mass is 312 g/mol. The number of nitrogens with zero attached hydrogens (tertiary/aromatic N) is 1. The van der Waals surface area contributed by atoms with Crippen molar-refractivity contribution in [3.8, 4) is 0 Å². The molecule has 6 heteroatoms. The summed E-state index contributed by atoms with van der Waals surface area (Å²) in [5.41, 5.74) is 1.99. The highest BCUT2D eigenvalue weighted by Crippen LogP contribution is 2.21. The zero-order valence-corrected chi connectivity index (χ0v) is 13.4. The first kappa shape index (κ1) is 16.4. The summed E-state index contributed by atoms with van der Waals surface area (Å²) in [6.45, 7) is 3.36. The van der Waals surface area contributed by atoms with E-state index in [1.807, 2.05) is 24.3 Å². The summed E-state index contributed by atoms with van der Waals surface area (Å²) >= 11 is 0. The Hall–Kier alpha value is -0.950. The van der Waals surface area contributed by atoms with E-state index < -0.39 is 10.0 Å². The number of benzene rings is 1. The van der Waals surface area contributed by atoms with Gasteiger partial charge in [0, 0.05) is 25.2 Å². The lowest BCUT2D eigenvalue weighted by molar-refractivity contribution is 0.281. The molecule has 118 valence electrons. The number of nitrogens with one attached hydrogen (secondary N) is 1. The summed E-state index contributed by atoms with van der Waals surface area (Å²) in [7, 11) is -3.11. The van der Waals surface area contributed by atoms with Gasteiger partial charge in [0.25, 0.3) is 0 Å². The van der Waals surface area contributed by atoms with Crippen LogP contribution >= 0.6 is 0 Å². The molecule has 0 saturated carbocycles. The molecule has 0 spiro atoms. The topological polar surface area (TPSA) is 69.6 Å². The molecule has 2 atom stereocenters. The summed E-state index contributed by atoms with van der Waals surface area (Å²) in [6.07, 6.45) is 3.11. The van der Waals surface area contributed by atoms with Gasteiger partial charge in [0.1, 0.15) is 0 Å². The molecule has 1 saturated heterocycles. The molecule has 1 fully saturated rings. The Morgan fingerprint density at radius 2 is 2.24 bits per heavy atom. The maximum absolute atomic E-state index is 11.7. The molecule has 1 aromatic carbocycles. The highest BCUT2D eigenvalue weighted by molar-refractivity contribution is 7.88. The van der Waals surface area contributed by atoms with Gasteiger partial charge in [-0.1, -0.05) is 24.3 Å². The first-order valence-electron chi connectivity index (χ1n) is 7.31. The number of aliphatic hydroxyl groups excluding tert-OH is 1. The van der Waals surface area contributed by atoms with Crippen molar-refractivity contribution in [1.29, 1.82) is 0 Å². The van der Waals surface area contributed by atoms with Crippen LogP contribution in [0.15, 0.2) is 24.3 Å². The molecule has 21 heavy (non-hydrogen) atoms. The van der Waals surface area contributed by atoms with E-state index in [0.717, 1.165) is 24.0 Å². The number of rotatable bonds is 6. The highest BCUT2D eigenvalue weighted by Gasteiger charge is 2.31. The molecule has 5 nitrogen and oxygen atoms in total. The predicted octanol–water partition coefficient (Wildman–Crippen LogP) is 1.25. The number of hydrogen-bond acceptors (Lipinski definition) is 4. The Morgan fingerprint density at radius 3 is 2.90 bits per heavy atom. The predicted molar refractivity (Wildman–Crippen MR) is 83.4 cm³/mol. The van der Waals surface area contributed by atoms with Gasteiger partial charge < -0.3 is 10.4 Å². The van der Waals surface area contributed by atoms with Crippen LogP contribution in [-0.2, 0) is 16.6 Å². The Bertz CT molecular complexity index is 574. The molecule has 2 rings (SSSR count). The molecule has 1 unspecified atom stereocenters. The van der Waals surface area contributed by atoms with Gasteiger partial charge in [-0.3, -0.25) is 0 Å². The van der Waals surface area contributed by atoms with Gasteiger partial charge in [0.2, 0.25) is 10.0 Å². The second kappa shape index (κ2) is 6.87. The van der Waals surface area contributed by atoms with Crippen molar-refractivity contribution in [2.45, 2.75) is 38.5 Å². The summed E-state index contributed by atoms with van der Waals surface area (Å²) in [5, 5.41) is 12.6. The zero-order chi connectivity index (χ0) is 15.5. The number of hydrogen-bond donors (Lipinski definition) is 2. The first-order valence-corrected chi connectivity index (χ1v) is 9.16. The molecule has 1 aromatic rings. The fourth-order valence-electron chi connectivity index (χ4n) is 2.84. The van der Waals surface area contributed by atoms with Gasteiger partial charge in [-0.25, -0.2) is 8.42 Å². The molecule has 0 aliphatic carbocycles. The van der Waals surface area contributed by atoms with Gasteiger partial charge in [0.05, 0.1) is 12.9 Å². The van der Waals surface area contributed by atoms with Crippen molar-refractivity contribution in [3.63, 3.8) is 0 Å². The van der Waals surface area contributed by atoms with Crippen LogP contribution in [0.25, 0.3) is 0 Å². The van der Waals surface area contributed by atoms with Crippen molar-refractivity contribution in [3.05, 3.63) is 35.4 Å². The second-order valence-electron chi connectivity index (χ2n) is 5.70. The van der Waals surface area contributed by atoms with E-state index >= 15 is 0 Å². The molecular formula is C15H24N2O3S. The van der Waals surface area contributed by atoms with Gasteiger partial charge in [-0.2, -0.15) is 4.31 Å². The minimum Gasteiger partial charge on any atom is -0.392 e. The largest absolute Gasteiger partial charge is 0.392 e. The highest BCUT2D eigenvalue weighted by atomic mass is 32.2. The van der Waals surface area contributed by atoms with E-state index in [-0.39, 0.29) is 18.7 Å². The number of sulfonamides is 1. The van der Waals surface area contributed by atoms with E-state index in [0.29, 0.717) is 13.1 Å². The fraction of sp³-hybridized carbons (Fsp3) is 0.600. The van der Waals surface area contributed by atoms with Crippen LogP contribution in [-0.4, -0.2) is 43.2 Å². The maximum Gasteiger partial charge on any atom is 0.211 e. The molecule has 0 bridgehead atoms. The minimum absolute atomic E-state index is 0.0328. The lowest BCUT2D eigenvalue weighted by atomic mass is 10.1. The van der Waals surface area contributed by atoms with Crippen LogP contribution in [0.4, 0.5) is 0 Å². The van der Waals surface area contributed by atoms with Crippen LogP contribution in [0.5, 0.6) is 0 Å². The standard InChI is InChI=1S/C15H24N2O3S/c1-12(14-6-3-5-13(9-14)11-18)16-10-15-7-4-8-17(15)21(2,19)20/h3,5-6,9,12,15-16,18H,4,7-8,10-11H2,1-2H3/t12?,15-/m1/s1. The molecule has 0 radical (unpaired) electrons. The summed E-state index contributed by atoms with van der Waals surface area (Å²) in [4.78, 5) is 0. The fourth-order valence-corrected chi connectivity index (χ4v) is 4.02. The van der Waals surface area contributed by atoms with Crippen LogP contribution in [0.2, 0.25) is 0 Å². The van der Waals surface area contributed by atoms with Crippen molar-refractivity contribution >= 4 is 10.0 Å². The van der Waals surface area contributed by atoms with Crippen molar-refractivity contribution in [1.82, 2.24) is 9.62 Å². The lowest BCUT2D eigenvalue weighted by Crippen LogP contribution is -2.41. The van der Waals surface area contributed by atoms with E-state index in [1.54, 1.807) is 4.31 Å². The van der Waals surface area contributed by atoms with Gasteiger partial charge in [0.15, 0.2) is 0 Å². The molecular weight excluding hydrogens is 288 g/mol. The quantitative estimate of drug-likeness (QED) is 0.829. The van der Waals surface area contributed by atoms with Gasteiger partial charge in [-0.05, 0) is 30.9 Å². The SMILES string of the molecule is CC(NC[C@H]1CCCN1S(C)(=O)=O)c1cccc(CO)c1. The zero-order valence-electron chi connectivity index (χ0n) is 12.6. The first-order chi connectivity index (χ1) is 9.91. The van der Waals surface area contributed by atoms with Crippen LogP contribution in [0.1, 0.15) is 36.9 Å². The minimum atomic E-state index is -3.11. The van der Waals surface area contributed by atoms with Gasteiger partial charge in [-0.15, -0.1) is 0 Å². The second-order valence-corrected chi connectivity index (χ2v) is 7.64. The van der Waals surface area contributed by atoms with E-state index in [2.05, 4.69) is 12.2 Å². The third-order valence-corrected chi connectivity index (χ3v) is 5.38. The lowest BCUT2D eigenvalue weighted by Gasteiger charge is -2.24. The molecule has 0 amide bonds. The molecule has 1 heterocycles. The van der Waals surface area contributed by atoms with Crippen LogP contribution < -0.4 is 5.32 Å². The number of aliphatic hydroxyl groups is 1. The van der Waals surface area contributed by atoms with Crippen molar-refractivity contribution in [2.24, 2.45) is 0 Å². The summed E-state index contributed by atoms with van der Waals surface area (Å²) in [6, 6.07) is 7.97. The molecule has 0 aromatic heterocycles. The molecule has 1 aliphatic rings. The average molecular weight is 312 g/mol. The average Bonchev–Trinajstić information content (AvgIpc) is 2.93. The van der Waals surface area contributed by atoms with E-state index in [1.165, 1.54) is 6.26 Å². The third kappa shape index (κ3) is 4.26. The Labute approximate surface area is 127 Å². The van der Waals surface area contributed by atoms with Crippen LogP contribution in [0.3, 0.4) is 0 Å². The van der Waals surface area contributed by atoms with Crippen molar-refractivity contribution < 1.29 is 13.5 Å². The Kier molecular flexibility index (Phi) is 5.37. The maximum atomic E-state index is 11.7. The van der Waals surface area contributed by atoms with Crippen LogP contribution in [0, 0.1) is 0 Å². The molecule has 2 N–H and O–H groups in total. The summed E-state index contributed by atoms with van der Waals surface area (Å²) < 4.78 is 25.0. The smallest absolute Gasteiger partial charge is 0.211 e. The Morgan fingerprint density at radius 1 is 1.48 bits per heavy atom. The van der Waals surface area contributed by atoms with Gasteiger partial charge >= 0.3 is 0 Å². The summed E-state index contributed by atoms with van der Waals surface area (Å²) in [5.74, 6) is 0. The molecule has 1 aliphatic heterocycles.